The van der Waals surface area contributed by atoms with E-state index in [1.807, 2.05) is 49.5 Å². The van der Waals surface area contributed by atoms with Gasteiger partial charge in [0.1, 0.15) is 0 Å². The molecular weight excluding hydrogens is 340 g/mol. The van der Waals surface area contributed by atoms with Crippen molar-refractivity contribution in [1.82, 2.24) is 15.3 Å². The van der Waals surface area contributed by atoms with Crippen molar-refractivity contribution in [3.05, 3.63) is 53.9 Å². The van der Waals surface area contributed by atoms with Crippen LogP contribution in [0.5, 0.6) is 0 Å². The van der Waals surface area contributed by atoms with Crippen molar-refractivity contribution in [2.75, 3.05) is 24.5 Å². The quantitative estimate of drug-likeness (QED) is 0.901. The Labute approximate surface area is 159 Å². The third kappa shape index (κ3) is 2.79. The van der Waals surface area contributed by atoms with E-state index in [4.69, 9.17) is 4.74 Å². The largest absolute Gasteiger partial charge is 0.369 e. The SMILES string of the molecule is Cc1ccnc(N2C[C@@H]3[C@H](CNC(=O)c4ccccc4)[C@H]4CC[C@]3(C2)O4)n1. The maximum Gasteiger partial charge on any atom is 0.251 e. The van der Waals surface area contributed by atoms with Crippen LogP contribution in [0.4, 0.5) is 5.95 Å². The lowest BCUT2D eigenvalue weighted by Crippen LogP contribution is -2.41. The molecule has 27 heavy (non-hydrogen) atoms. The number of nitrogens with one attached hydrogen (secondary N) is 1. The number of benzene rings is 1. The first kappa shape index (κ1) is 16.7. The van der Waals surface area contributed by atoms with E-state index in [0.29, 0.717) is 23.9 Å². The third-order valence-electron chi connectivity index (χ3n) is 6.38. The molecule has 3 fully saturated rings. The van der Waals surface area contributed by atoms with Crippen molar-refractivity contribution < 1.29 is 9.53 Å². The second kappa shape index (κ2) is 6.30. The van der Waals surface area contributed by atoms with Gasteiger partial charge in [-0.15, -0.1) is 0 Å². The molecule has 5 rings (SSSR count). The summed E-state index contributed by atoms with van der Waals surface area (Å²) in [7, 11) is 0. The summed E-state index contributed by atoms with van der Waals surface area (Å²) in [5.74, 6) is 1.54. The number of rotatable bonds is 4. The lowest BCUT2D eigenvalue weighted by atomic mass is 9.73. The fourth-order valence-corrected chi connectivity index (χ4v) is 5.11. The van der Waals surface area contributed by atoms with Crippen LogP contribution < -0.4 is 10.2 Å². The van der Waals surface area contributed by atoms with Gasteiger partial charge in [0.15, 0.2) is 0 Å². The van der Waals surface area contributed by atoms with Crippen LogP contribution in [-0.4, -0.2) is 47.2 Å². The van der Waals surface area contributed by atoms with Crippen molar-refractivity contribution in [3.63, 3.8) is 0 Å². The van der Waals surface area contributed by atoms with Crippen LogP contribution in [0.3, 0.4) is 0 Å². The Morgan fingerprint density at radius 1 is 1.33 bits per heavy atom. The maximum absolute atomic E-state index is 12.4. The molecule has 0 aliphatic carbocycles. The fraction of sp³-hybridized carbons (Fsp3) is 0.476. The van der Waals surface area contributed by atoms with Crippen molar-refractivity contribution >= 4 is 11.9 Å². The minimum Gasteiger partial charge on any atom is -0.369 e. The Kier molecular flexibility index (Phi) is 3.90. The summed E-state index contributed by atoms with van der Waals surface area (Å²) in [6.45, 7) is 4.39. The molecule has 4 heterocycles. The predicted molar refractivity (Wildman–Crippen MR) is 102 cm³/mol. The minimum absolute atomic E-state index is 0.00991. The van der Waals surface area contributed by atoms with Gasteiger partial charge in [-0.3, -0.25) is 4.79 Å². The fourth-order valence-electron chi connectivity index (χ4n) is 5.11. The summed E-state index contributed by atoms with van der Waals surface area (Å²) < 4.78 is 6.47. The Bertz CT molecular complexity index is 858. The van der Waals surface area contributed by atoms with Gasteiger partial charge in [-0.05, 0) is 38.0 Å². The molecule has 1 aromatic carbocycles. The molecule has 3 aliphatic heterocycles. The number of ether oxygens (including phenoxy) is 1. The van der Waals surface area contributed by atoms with E-state index in [1.54, 1.807) is 0 Å². The number of carbonyl (C=O) groups excluding carboxylic acids is 1. The van der Waals surface area contributed by atoms with Gasteiger partial charge in [0.2, 0.25) is 5.95 Å². The number of anilines is 1. The molecule has 0 radical (unpaired) electrons. The zero-order valence-corrected chi connectivity index (χ0v) is 15.5. The summed E-state index contributed by atoms with van der Waals surface area (Å²) in [5, 5.41) is 3.13. The van der Waals surface area contributed by atoms with Crippen LogP contribution in [-0.2, 0) is 4.74 Å². The molecule has 140 valence electrons. The second-order valence-electron chi connectivity index (χ2n) is 7.98. The standard InChI is InChI=1S/C21H24N4O2/c1-14-8-10-22-20(24-14)25-12-17-16(18-7-9-21(17,13-25)27-18)11-23-19(26)15-5-3-2-4-6-15/h2-6,8,10,16-18H,7,9,11-13H2,1H3,(H,23,26)/t16-,17+,18+,21+/m0/s1. The normalized spacial score (nSPS) is 31.1. The second-order valence-corrected chi connectivity index (χ2v) is 7.98. The summed E-state index contributed by atoms with van der Waals surface area (Å²) >= 11 is 0. The van der Waals surface area contributed by atoms with E-state index >= 15 is 0 Å². The molecule has 1 spiro atoms. The van der Waals surface area contributed by atoms with Gasteiger partial charge < -0.3 is 15.0 Å². The molecule has 3 saturated heterocycles. The molecule has 6 nitrogen and oxygen atoms in total. The number of amides is 1. The number of fused-ring (bicyclic) bond motifs is 1. The van der Waals surface area contributed by atoms with E-state index in [-0.39, 0.29) is 17.6 Å². The molecule has 0 unspecified atom stereocenters. The highest BCUT2D eigenvalue weighted by atomic mass is 16.5. The zero-order chi connectivity index (χ0) is 18.4. The highest BCUT2D eigenvalue weighted by Gasteiger charge is 2.63. The topological polar surface area (TPSA) is 67.4 Å². The van der Waals surface area contributed by atoms with Crippen LogP contribution in [0.15, 0.2) is 42.6 Å². The highest BCUT2D eigenvalue weighted by Crippen LogP contribution is 2.54. The number of hydrogen-bond acceptors (Lipinski definition) is 5. The Balaban J connectivity index is 1.30. The van der Waals surface area contributed by atoms with Crippen molar-refractivity contribution in [1.29, 1.82) is 0 Å². The number of aromatic nitrogens is 2. The molecular formula is C21H24N4O2. The van der Waals surface area contributed by atoms with Crippen LogP contribution >= 0.6 is 0 Å². The predicted octanol–water partition coefficient (Wildman–Crippen LogP) is 2.20. The van der Waals surface area contributed by atoms with Crippen molar-refractivity contribution in [2.45, 2.75) is 31.5 Å². The molecule has 1 N–H and O–H groups in total. The van der Waals surface area contributed by atoms with Crippen LogP contribution in [0, 0.1) is 18.8 Å². The first-order chi connectivity index (χ1) is 13.1. The first-order valence-electron chi connectivity index (χ1n) is 9.70. The molecule has 6 heteroatoms. The van der Waals surface area contributed by atoms with Crippen LogP contribution in [0.1, 0.15) is 28.9 Å². The van der Waals surface area contributed by atoms with Gasteiger partial charge in [-0.2, -0.15) is 0 Å². The molecule has 1 aromatic heterocycles. The van der Waals surface area contributed by atoms with E-state index < -0.39 is 0 Å². The number of hydrogen-bond donors (Lipinski definition) is 1. The van der Waals surface area contributed by atoms with Crippen molar-refractivity contribution in [3.8, 4) is 0 Å². The van der Waals surface area contributed by atoms with Gasteiger partial charge in [0.25, 0.3) is 5.91 Å². The number of carbonyl (C=O) groups is 1. The zero-order valence-electron chi connectivity index (χ0n) is 15.5. The first-order valence-corrected chi connectivity index (χ1v) is 9.70. The Morgan fingerprint density at radius 3 is 3.00 bits per heavy atom. The molecule has 2 bridgehead atoms. The van der Waals surface area contributed by atoms with Gasteiger partial charge in [-0.1, -0.05) is 18.2 Å². The molecule has 2 aromatic rings. The molecule has 0 saturated carbocycles. The highest BCUT2D eigenvalue weighted by molar-refractivity contribution is 5.94. The summed E-state index contributed by atoms with van der Waals surface area (Å²) in [6, 6.07) is 11.3. The van der Waals surface area contributed by atoms with Gasteiger partial charge >= 0.3 is 0 Å². The monoisotopic (exact) mass is 364 g/mol. The summed E-state index contributed by atoms with van der Waals surface area (Å²) in [5.41, 5.74) is 1.59. The molecule has 1 amide bonds. The molecule has 3 aliphatic rings. The minimum atomic E-state index is -0.0973. The van der Waals surface area contributed by atoms with Crippen LogP contribution in [0.25, 0.3) is 0 Å². The average Bonchev–Trinajstić information content (AvgIpc) is 3.35. The lowest BCUT2D eigenvalue weighted by Gasteiger charge is -2.29. The smallest absolute Gasteiger partial charge is 0.251 e. The Morgan fingerprint density at radius 2 is 2.19 bits per heavy atom. The summed E-state index contributed by atoms with van der Waals surface area (Å²) in [4.78, 5) is 23.7. The van der Waals surface area contributed by atoms with Gasteiger partial charge in [0.05, 0.1) is 18.2 Å². The molecule has 4 atom stereocenters. The van der Waals surface area contributed by atoms with E-state index in [9.17, 15) is 4.79 Å². The third-order valence-corrected chi connectivity index (χ3v) is 6.38. The van der Waals surface area contributed by atoms with E-state index in [2.05, 4.69) is 20.2 Å². The average molecular weight is 364 g/mol. The van der Waals surface area contributed by atoms with Gasteiger partial charge in [0, 0.05) is 42.4 Å². The van der Waals surface area contributed by atoms with E-state index in [0.717, 1.165) is 37.6 Å². The summed E-state index contributed by atoms with van der Waals surface area (Å²) in [6.07, 6.45) is 4.24. The van der Waals surface area contributed by atoms with Gasteiger partial charge in [-0.25, -0.2) is 9.97 Å². The number of nitrogens with zero attached hydrogens (tertiary/aromatic N) is 3. The van der Waals surface area contributed by atoms with Crippen LogP contribution in [0.2, 0.25) is 0 Å². The van der Waals surface area contributed by atoms with Crippen molar-refractivity contribution in [2.24, 2.45) is 11.8 Å². The number of aryl methyl sites for hydroxylation is 1. The Hall–Kier alpha value is -2.47. The lowest BCUT2D eigenvalue weighted by molar-refractivity contribution is 0.0141. The maximum atomic E-state index is 12.4. The van der Waals surface area contributed by atoms with E-state index in [1.165, 1.54) is 0 Å².